The summed E-state index contributed by atoms with van der Waals surface area (Å²) in [4.78, 5) is 31.5. The Hall–Kier alpha value is -3.31. The molecule has 1 aromatic heterocycles. The third kappa shape index (κ3) is 4.66. The first-order valence-electron chi connectivity index (χ1n) is 11.1. The number of aromatic nitrogens is 2. The SMILES string of the molecule is C=C1c2[nH]nc(NC(=O)c3ccc(F)cc3F)c2CN1C(=O)N1CCN(CCCOC)C[C@@H]1C. The first kappa shape index (κ1) is 23.8. The van der Waals surface area contributed by atoms with Crippen LogP contribution in [0.4, 0.5) is 19.4 Å². The number of fused-ring (bicyclic) bond motifs is 1. The van der Waals surface area contributed by atoms with Crippen LogP contribution in [0.15, 0.2) is 24.8 Å². The number of piperazine rings is 1. The molecule has 0 saturated carbocycles. The van der Waals surface area contributed by atoms with Crippen molar-refractivity contribution in [3.63, 3.8) is 0 Å². The van der Waals surface area contributed by atoms with Crippen molar-refractivity contribution in [3.05, 3.63) is 53.2 Å². The molecular weight excluding hydrogens is 446 g/mol. The Balaban J connectivity index is 1.41. The number of halogens is 2. The monoisotopic (exact) mass is 474 g/mol. The Kier molecular flexibility index (Phi) is 6.94. The Labute approximate surface area is 196 Å². The van der Waals surface area contributed by atoms with Crippen LogP contribution in [-0.4, -0.2) is 82.8 Å². The van der Waals surface area contributed by atoms with E-state index in [0.29, 0.717) is 36.2 Å². The smallest absolute Gasteiger partial charge is 0.325 e. The number of carbonyl (C=O) groups excluding carboxylic acids is 2. The van der Waals surface area contributed by atoms with Gasteiger partial charge in [-0.1, -0.05) is 6.58 Å². The van der Waals surface area contributed by atoms with Crippen molar-refractivity contribution in [2.24, 2.45) is 0 Å². The summed E-state index contributed by atoms with van der Waals surface area (Å²) < 4.78 is 32.2. The number of hydrogen-bond donors (Lipinski definition) is 2. The Morgan fingerprint density at radius 3 is 2.82 bits per heavy atom. The van der Waals surface area contributed by atoms with Crippen LogP contribution in [0.25, 0.3) is 5.70 Å². The highest BCUT2D eigenvalue weighted by Crippen LogP contribution is 2.35. The molecule has 1 saturated heterocycles. The maximum absolute atomic E-state index is 14.0. The number of anilines is 1. The average Bonchev–Trinajstić information content (AvgIpc) is 3.33. The number of methoxy groups -OCH3 is 1. The van der Waals surface area contributed by atoms with Gasteiger partial charge >= 0.3 is 6.03 Å². The molecule has 34 heavy (non-hydrogen) atoms. The van der Waals surface area contributed by atoms with E-state index in [2.05, 4.69) is 27.0 Å². The molecule has 11 heteroatoms. The average molecular weight is 475 g/mol. The van der Waals surface area contributed by atoms with Crippen molar-refractivity contribution in [3.8, 4) is 0 Å². The fourth-order valence-electron chi connectivity index (χ4n) is 4.39. The topological polar surface area (TPSA) is 93.8 Å². The van der Waals surface area contributed by atoms with Gasteiger partial charge in [0.1, 0.15) is 11.6 Å². The van der Waals surface area contributed by atoms with E-state index in [4.69, 9.17) is 4.74 Å². The quantitative estimate of drug-likeness (QED) is 0.628. The number of rotatable bonds is 6. The largest absolute Gasteiger partial charge is 0.385 e. The summed E-state index contributed by atoms with van der Waals surface area (Å²) in [5.74, 6) is -2.33. The second kappa shape index (κ2) is 9.90. The summed E-state index contributed by atoms with van der Waals surface area (Å²) in [6, 6.07) is 2.57. The minimum atomic E-state index is -0.971. The third-order valence-electron chi connectivity index (χ3n) is 6.22. The van der Waals surface area contributed by atoms with Gasteiger partial charge in [-0.3, -0.25) is 19.7 Å². The van der Waals surface area contributed by atoms with Crippen molar-refractivity contribution in [2.45, 2.75) is 25.9 Å². The van der Waals surface area contributed by atoms with Crippen molar-refractivity contribution in [2.75, 3.05) is 45.2 Å². The van der Waals surface area contributed by atoms with Gasteiger partial charge in [0.2, 0.25) is 0 Å². The van der Waals surface area contributed by atoms with Crippen LogP contribution >= 0.6 is 0 Å². The maximum atomic E-state index is 14.0. The lowest BCUT2D eigenvalue weighted by molar-refractivity contribution is 0.0829. The Morgan fingerprint density at radius 2 is 2.12 bits per heavy atom. The fourth-order valence-corrected chi connectivity index (χ4v) is 4.39. The number of amides is 3. The molecule has 182 valence electrons. The van der Waals surface area contributed by atoms with Crippen LogP contribution in [0, 0.1) is 11.6 Å². The predicted molar refractivity (Wildman–Crippen MR) is 122 cm³/mol. The second-order valence-corrected chi connectivity index (χ2v) is 8.51. The number of nitrogens with zero attached hydrogens (tertiary/aromatic N) is 4. The lowest BCUT2D eigenvalue weighted by atomic mass is 10.2. The summed E-state index contributed by atoms with van der Waals surface area (Å²) >= 11 is 0. The van der Waals surface area contributed by atoms with E-state index in [-0.39, 0.29) is 30.0 Å². The van der Waals surface area contributed by atoms with Gasteiger partial charge in [0.25, 0.3) is 5.91 Å². The van der Waals surface area contributed by atoms with Gasteiger partial charge in [0.05, 0.1) is 23.5 Å². The molecule has 4 rings (SSSR count). The third-order valence-corrected chi connectivity index (χ3v) is 6.22. The first-order chi connectivity index (χ1) is 16.3. The number of ether oxygens (including phenoxy) is 1. The Bertz CT molecular complexity index is 1100. The van der Waals surface area contributed by atoms with Gasteiger partial charge < -0.3 is 15.0 Å². The van der Waals surface area contributed by atoms with Crippen LogP contribution < -0.4 is 5.32 Å². The second-order valence-electron chi connectivity index (χ2n) is 8.51. The van der Waals surface area contributed by atoms with E-state index in [9.17, 15) is 18.4 Å². The molecule has 2 N–H and O–H groups in total. The zero-order valence-electron chi connectivity index (χ0n) is 19.2. The molecule has 0 unspecified atom stereocenters. The highest BCUT2D eigenvalue weighted by atomic mass is 19.1. The number of urea groups is 1. The number of carbonyl (C=O) groups is 2. The van der Waals surface area contributed by atoms with Crippen molar-refractivity contribution in [1.82, 2.24) is 24.9 Å². The Morgan fingerprint density at radius 1 is 1.32 bits per heavy atom. The predicted octanol–water partition coefficient (Wildman–Crippen LogP) is 2.89. The van der Waals surface area contributed by atoms with E-state index >= 15 is 0 Å². The van der Waals surface area contributed by atoms with Gasteiger partial charge in [-0.15, -0.1) is 0 Å². The highest BCUT2D eigenvalue weighted by Gasteiger charge is 2.37. The minimum absolute atomic E-state index is 0.0225. The van der Waals surface area contributed by atoms with Gasteiger partial charge in [-0.2, -0.15) is 5.10 Å². The van der Waals surface area contributed by atoms with Crippen LogP contribution in [0.1, 0.15) is 35.0 Å². The molecule has 2 aliphatic rings. The molecule has 2 aliphatic heterocycles. The lowest BCUT2D eigenvalue weighted by Crippen LogP contribution is -2.56. The fraction of sp³-hybridized carbons (Fsp3) is 0.435. The van der Waals surface area contributed by atoms with E-state index in [1.807, 2.05) is 11.8 Å². The molecule has 0 radical (unpaired) electrons. The molecule has 0 spiro atoms. The van der Waals surface area contributed by atoms with E-state index in [1.54, 1.807) is 12.0 Å². The van der Waals surface area contributed by atoms with Gasteiger partial charge in [0, 0.05) is 57.6 Å². The standard InChI is InChI=1S/C23H28F2N6O3/c1-14-12-29(7-4-10-34-3)8-9-30(14)23(33)31-13-18-20(15(31)2)27-28-21(18)26-22(32)17-6-5-16(24)11-19(17)25/h5-6,11,14H,2,4,7-10,12-13H2,1,3H3,(H2,26,27,28,32)/t14-/m0/s1. The van der Waals surface area contributed by atoms with E-state index in [1.165, 1.54) is 0 Å². The molecule has 1 fully saturated rings. The molecule has 3 amide bonds. The van der Waals surface area contributed by atoms with E-state index in [0.717, 1.165) is 38.2 Å². The molecular formula is C23H28F2N6O3. The lowest BCUT2D eigenvalue weighted by Gasteiger charge is -2.41. The van der Waals surface area contributed by atoms with Crippen LogP contribution in [0.3, 0.4) is 0 Å². The maximum Gasteiger partial charge on any atom is 0.325 e. The summed E-state index contributed by atoms with van der Waals surface area (Å²) in [6.07, 6.45) is 0.943. The molecule has 9 nitrogen and oxygen atoms in total. The van der Waals surface area contributed by atoms with Gasteiger partial charge in [0.15, 0.2) is 5.82 Å². The highest BCUT2D eigenvalue weighted by molar-refractivity contribution is 6.05. The summed E-state index contributed by atoms with van der Waals surface area (Å²) in [5.41, 5.74) is 1.27. The van der Waals surface area contributed by atoms with Crippen molar-refractivity contribution >= 4 is 23.5 Å². The molecule has 0 aliphatic carbocycles. The zero-order valence-corrected chi connectivity index (χ0v) is 19.2. The number of nitrogens with one attached hydrogen (secondary N) is 2. The molecule has 1 aromatic carbocycles. The number of hydrogen-bond acceptors (Lipinski definition) is 5. The molecule has 0 bridgehead atoms. The number of benzene rings is 1. The van der Waals surface area contributed by atoms with Crippen LogP contribution in [-0.2, 0) is 11.3 Å². The molecule has 3 heterocycles. The molecule has 2 aromatic rings. The van der Waals surface area contributed by atoms with Crippen LogP contribution in [0.5, 0.6) is 0 Å². The minimum Gasteiger partial charge on any atom is -0.385 e. The number of aromatic amines is 1. The van der Waals surface area contributed by atoms with Gasteiger partial charge in [-0.05, 0) is 25.5 Å². The summed E-state index contributed by atoms with van der Waals surface area (Å²) in [5, 5.41) is 9.43. The first-order valence-corrected chi connectivity index (χ1v) is 11.1. The van der Waals surface area contributed by atoms with Crippen molar-refractivity contribution in [1.29, 1.82) is 0 Å². The normalized spacial score (nSPS) is 18.4. The van der Waals surface area contributed by atoms with Crippen molar-refractivity contribution < 1.29 is 23.1 Å². The van der Waals surface area contributed by atoms with E-state index < -0.39 is 17.5 Å². The van der Waals surface area contributed by atoms with Gasteiger partial charge in [-0.25, -0.2) is 13.6 Å². The molecule has 1 atom stereocenters. The number of H-pyrrole nitrogens is 1. The summed E-state index contributed by atoms with van der Waals surface area (Å²) in [7, 11) is 1.69. The van der Waals surface area contributed by atoms with Crippen LogP contribution in [0.2, 0.25) is 0 Å². The zero-order chi connectivity index (χ0) is 24.4. The summed E-state index contributed by atoms with van der Waals surface area (Å²) in [6.45, 7) is 9.98.